The molecule has 0 aliphatic carbocycles. The highest BCUT2D eigenvalue weighted by molar-refractivity contribution is 5.42. The molecular formula is C23H21NO. The molecule has 4 rings (SSSR count). The normalized spacial score (nSPS) is 11.9. The molecular weight excluding hydrogens is 306 g/mol. The van der Waals surface area contributed by atoms with Crippen LogP contribution in [0.5, 0.6) is 0 Å². The van der Waals surface area contributed by atoms with Crippen LogP contribution in [0.4, 0.5) is 0 Å². The number of hydrogen-bond donors (Lipinski definition) is 1. The maximum Gasteiger partial charge on any atom is 0.119 e. The molecule has 0 atom stereocenters. The smallest absolute Gasteiger partial charge is 0.119 e. The molecule has 2 nitrogen and oxygen atoms in total. The fourth-order valence-electron chi connectivity index (χ4n) is 2.77. The van der Waals surface area contributed by atoms with Crippen LogP contribution in [-0.2, 0) is 4.84 Å². The molecule has 0 aromatic heterocycles. The van der Waals surface area contributed by atoms with E-state index in [0.29, 0.717) is 5.92 Å². The topological polar surface area (TPSA) is 21.3 Å². The summed E-state index contributed by atoms with van der Waals surface area (Å²) < 4.78 is 0. The molecule has 0 bridgehead atoms. The molecule has 1 aliphatic heterocycles. The van der Waals surface area contributed by atoms with Crippen molar-refractivity contribution in [3.8, 4) is 0 Å². The van der Waals surface area contributed by atoms with Gasteiger partial charge >= 0.3 is 0 Å². The van der Waals surface area contributed by atoms with E-state index in [2.05, 4.69) is 101 Å². The van der Waals surface area contributed by atoms with Crippen molar-refractivity contribution >= 4 is 0 Å². The van der Waals surface area contributed by atoms with Crippen LogP contribution < -0.4 is 5.48 Å². The molecule has 0 unspecified atom stereocenters. The minimum absolute atomic E-state index is 0.309. The lowest BCUT2D eigenvalue weighted by Crippen LogP contribution is -2.02. The van der Waals surface area contributed by atoms with Crippen LogP contribution in [0.2, 0.25) is 0 Å². The summed E-state index contributed by atoms with van der Waals surface area (Å²) in [5.74, 6) is 0.309. The fraction of sp³-hybridized carbons (Fsp3) is 0.0435. The highest BCUT2D eigenvalue weighted by atomic mass is 16.6. The van der Waals surface area contributed by atoms with Crippen molar-refractivity contribution in [1.29, 1.82) is 0 Å². The van der Waals surface area contributed by atoms with Crippen LogP contribution >= 0.6 is 0 Å². The molecule has 1 heterocycles. The van der Waals surface area contributed by atoms with E-state index in [4.69, 9.17) is 0 Å². The molecule has 2 heteroatoms. The van der Waals surface area contributed by atoms with Gasteiger partial charge in [0.1, 0.15) is 6.26 Å². The quantitative estimate of drug-likeness (QED) is 0.649. The van der Waals surface area contributed by atoms with E-state index in [1.165, 1.54) is 16.7 Å². The Morgan fingerprint density at radius 1 is 0.560 bits per heavy atom. The standard InChI is InChI=1S/C19H16.C4H5NO/c1-4-10-16(11-5-1)19(17-12-6-2-7-13-17)18-14-8-3-9-15-18;1-2-4-6-5-3-1/h1-15,19H;1-5H. The monoisotopic (exact) mass is 327 g/mol. The minimum Gasteiger partial charge on any atom is -0.391 e. The molecule has 0 saturated carbocycles. The highest BCUT2D eigenvalue weighted by Crippen LogP contribution is 2.31. The lowest BCUT2D eigenvalue weighted by atomic mass is 9.85. The van der Waals surface area contributed by atoms with E-state index < -0.39 is 0 Å². The van der Waals surface area contributed by atoms with Crippen LogP contribution in [-0.4, -0.2) is 0 Å². The van der Waals surface area contributed by atoms with Gasteiger partial charge in [-0.1, -0.05) is 91.0 Å². The lowest BCUT2D eigenvalue weighted by Gasteiger charge is -2.18. The Bertz CT molecular complexity index is 689. The summed E-state index contributed by atoms with van der Waals surface area (Å²) in [5.41, 5.74) is 6.52. The first-order chi connectivity index (χ1) is 12.4. The van der Waals surface area contributed by atoms with E-state index in [1.807, 2.05) is 6.08 Å². The Morgan fingerprint density at radius 2 is 1.00 bits per heavy atom. The van der Waals surface area contributed by atoms with Crippen molar-refractivity contribution in [3.05, 3.63) is 132 Å². The van der Waals surface area contributed by atoms with Crippen molar-refractivity contribution in [2.75, 3.05) is 0 Å². The molecule has 0 fully saturated rings. The number of allylic oxidation sites excluding steroid dienone is 2. The van der Waals surface area contributed by atoms with Crippen molar-refractivity contribution < 1.29 is 4.84 Å². The molecule has 0 spiro atoms. The first-order valence-corrected chi connectivity index (χ1v) is 8.33. The SMILES string of the molecule is C1=CNOC=C1.c1ccc(C(c2ccccc2)c2ccccc2)cc1. The van der Waals surface area contributed by atoms with Crippen molar-refractivity contribution in [1.82, 2.24) is 5.48 Å². The zero-order chi connectivity index (χ0) is 17.2. The first-order valence-electron chi connectivity index (χ1n) is 8.33. The van der Waals surface area contributed by atoms with Gasteiger partial charge in [0.25, 0.3) is 0 Å². The molecule has 124 valence electrons. The van der Waals surface area contributed by atoms with E-state index in [-0.39, 0.29) is 0 Å². The van der Waals surface area contributed by atoms with Gasteiger partial charge in [-0.25, -0.2) is 5.48 Å². The van der Waals surface area contributed by atoms with Crippen LogP contribution in [0.1, 0.15) is 22.6 Å². The summed E-state index contributed by atoms with van der Waals surface area (Å²) in [6.07, 6.45) is 6.93. The van der Waals surface area contributed by atoms with Crippen LogP contribution in [0.15, 0.2) is 116 Å². The second-order valence-corrected chi connectivity index (χ2v) is 5.59. The second-order valence-electron chi connectivity index (χ2n) is 5.59. The average Bonchev–Trinajstić information content (AvgIpc) is 2.72. The summed E-state index contributed by atoms with van der Waals surface area (Å²) in [4.78, 5) is 4.55. The largest absolute Gasteiger partial charge is 0.391 e. The summed E-state index contributed by atoms with van der Waals surface area (Å²) in [6, 6.07) is 32.0. The zero-order valence-corrected chi connectivity index (χ0v) is 14.0. The minimum atomic E-state index is 0.309. The second kappa shape index (κ2) is 9.14. The summed E-state index contributed by atoms with van der Waals surface area (Å²) in [7, 11) is 0. The average molecular weight is 327 g/mol. The summed E-state index contributed by atoms with van der Waals surface area (Å²) in [6.45, 7) is 0. The van der Waals surface area contributed by atoms with E-state index in [1.54, 1.807) is 18.5 Å². The van der Waals surface area contributed by atoms with Gasteiger partial charge in [-0.05, 0) is 28.8 Å². The van der Waals surface area contributed by atoms with Gasteiger partial charge < -0.3 is 4.84 Å². The Labute approximate surface area is 149 Å². The van der Waals surface area contributed by atoms with Crippen molar-refractivity contribution in [2.24, 2.45) is 0 Å². The third kappa shape index (κ3) is 4.85. The predicted molar refractivity (Wildman–Crippen MR) is 103 cm³/mol. The predicted octanol–water partition coefficient (Wildman–Crippen LogP) is 5.42. The Kier molecular flexibility index (Phi) is 6.06. The van der Waals surface area contributed by atoms with E-state index in [9.17, 15) is 0 Å². The maximum atomic E-state index is 4.55. The third-order valence-electron chi connectivity index (χ3n) is 3.89. The van der Waals surface area contributed by atoms with Crippen LogP contribution in [0, 0.1) is 0 Å². The fourth-order valence-corrected chi connectivity index (χ4v) is 2.77. The van der Waals surface area contributed by atoms with Crippen LogP contribution in [0.25, 0.3) is 0 Å². The van der Waals surface area contributed by atoms with Crippen molar-refractivity contribution in [2.45, 2.75) is 5.92 Å². The van der Waals surface area contributed by atoms with Gasteiger partial charge in [0, 0.05) is 12.1 Å². The van der Waals surface area contributed by atoms with Gasteiger partial charge in [0.2, 0.25) is 0 Å². The van der Waals surface area contributed by atoms with Crippen LogP contribution in [0.3, 0.4) is 0 Å². The van der Waals surface area contributed by atoms with Gasteiger partial charge in [0.05, 0.1) is 0 Å². The number of nitrogens with one attached hydrogen (secondary N) is 1. The molecule has 3 aromatic carbocycles. The molecule has 0 amide bonds. The molecule has 0 saturated heterocycles. The number of hydrogen-bond acceptors (Lipinski definition) is 2. The number of rotatable bonds is 3. The Balaban J connectivity index is 0.000000258. The lowest BCUT2D eigenvalue weighted by molar-refractivity contribution is 0.172. The maximum absolute atomic E-state index is 4.55. The number of hydroxylamine groups is 1. The number of benzene rings is 3. The Hall–Kier alpha value is -3.26. The first kappa shape index (κ1) is 16.6. The van der Waals surface area contributed by atoms with E-state index in [0.717, 1.165) is 0 Å². The summed E-state index contributed by atoms with van der Waals surface area (Å²) in [5, 5.41) is 0. The van der Waals surface area contributed by atoms with E-state index >= 15 is 0 Å². The molecule has 1 aliphatic rings. The molecule has 25 heavy (non-hydrogen) atoms. The van der Waals surface area contributed by atoms with Gasteiger partial charge in [-0.15, -0.1) is 0 Å². The molecule has 3 aromatic rings. The van der Waals surface area contributed by atoms with Gasteiger partial charge in [-0.3, -0.25) is 0 Å². The van der Waals surface area contributed by atoms with Gasteiger partial charge in [0.15, 0.2) is 0 Å². The summed E-state index contributed by atoms with van der Waals surface area (Å²) >= 11 is 0. The Morgan fingerprint density at radius 3 is 1.24 bits per heavy atom. The zero-order valence-electron chi connectivity index (χ0n) is 14.0. The van der Waals surface area contributed by atoms with Crippen molar-refractivity contribution in [3.63, 3.8) is 0 Å². The van der Waals surface area contributed by atoms with Gasteiger partial charge in [-0.2, -0.15) is 0 Å². The third-order valence-corrected chi connectivity index (χ3v) is 3.89. The molecule has 1 N–H and O–H groups in total. The molecule has 0 radical (unpaired) electrons. The highest BCUT2D eigenvalue weighted by Gasteiger charge is 2.15.